The molecule has 0 aliphatic carbocycles. The normalized spacial score (nSPS) is 13.7. The standard InChI is InChI=1S/C10H18N2O4/c1-4-6(2)9(10(11)15)12-8(14)5-16-7(3)13/h6,9H,4-5H2,1-3H3,(H2,11,15)(H,12,14)/t6-,9+/m1/s1. The van der Waals surface area contributed by atoms with Crippen LogP contribution in [-0.4, -0.2) is 30.4 Å². The summed E-state index contributed by atoms with van der Waals surface area (Å²) in [6.45, 7) is 4.50. The van der Waals surface area contributed by atoms with Crippen LogP contribution in [0.25, 0.3) is 0 Å². The second-order valence-corrected chi connectivity index (χ2v) is 3.61. The SMILES string of the molecule is CC[C@@H](C)[C@H](NC(=O)COC(C)=O)C(N)=O. The van der Waals surface area contributed by atoms with E-state index in [1.165, 1.54) is 6.92 Å². The van der Waals surface area contributed by atoms with E-state index in [9.17, 15) is 14.4 Å². The highest BCUT2D eigenvalue weighted by molar-refractivity contribution is 5.87. The van der Waals surface area contributed by atoms with Gasteiger partial charge in [-0.15, -0.1) is 0 Å². The summed E-state index contributed by atoms with van der Waals surface area (Å²) in [4.78, 5) is 32.8. The van der Waals surface area contributed by atoms with E-state index in [1.807, 2.05) is 13.8 Å². The lowest BCUT2D eigenvalue weighted by Gasteiger charge is -2.20. The zero-order valence-electron chi connectivity index (χ0n) is 9.78. The third-order valence-electron chi connectivity index (χ3n) is 2.24. The van der Waals surface area contributed by atoms with E-state index < -0.39 is 30.4 Å². The highest BCUT2D eigenvalue weighted by atomic mass is 16.5. The van der Waals surface area contributed by atoms with Crippen LogP contribution in [0.3, 0.4) is 0 Å². The van der Waals surface area contributed by atoms with Crippen LogP contribution >= 0.6 is 0 Å². The monoisotopic (exact) mass is 230 g/mol. The minimum atomic E-state index is -0.729. The Hall–Kier alpha value is -1.59. The van der Waals surface area contributed by atoms with Crippen molar-refractivity contribution >= 4 is 17.8 Å². The molecule has 0 bridgehead atoms. The first-order valence-electron chi connectivity index (χ1n) is 5.10. The number of primary amides is 1. The van der Waals surface area contributed by atoms with Crippen LogP contribution in [0.5, 0.6) is 0 Å². The maximum absolute atomic E-state index is 11.3. The van der Waals surface area contributed by atoms with Gasteiger partial charge < -0.3 is 15.8 Å². The predicted octanol–water partition coefficient (Wildman–Crippen LogP) is -0.434. The average molecular weight is 230 g/mol. The molecule has 0 fully saturated rings. The molecule has 0 aromatic heterocycles. The molecule has 16 heavy (non-hydrogen) atoms. The summed E-state index contributed by atoms with van der Waals surface area (Å²) >= 11 is 0. The van der Waals surface area contributed by atoms with Crippen molar-refractivity contribution in [1.29, 1.82) is 0 Å². The predicted molar refractivity (Wildman–Crippen MR) is 57.2 cm³/mol. The number of carbonyl (C=O) groups excluding carboxylic acids is 3. The number of esters is 1. The number of hydrogen-bond donors (Lipinski definition) is 2. The molecule has 2 amide bonds. The number of nitrogens with two attached hydrogens (primary N) is 1. The first-order chi connectivity index (χ1) is 7.38. The summed E-state index contributed by atoms with van der Waals surface area (Å²) in [7, 11) is 0. The fourth-order valence-corrected chi connectivity index (χ4v) is 1.11. The van der Waals surface area contributed by atoms with Crippen molar-refractivity contribution in [3.05, 3.63) is 0 Å². The van der Waals surface area contributed by atoms with Crippen LogP contribution in [-0.2, 0) is 19.1 Å². The van der Waals surface area contributed by atoms with Gasteiger partial charge in [-0.25, -0.2) is 0 Å². The Balaban J connectivity index is 4.24. The lowest BCUT2D eigenvalue weighted by Crippen LogP contribution is -2.49. The Morgan fingerprint density at radius 2 is 1.94 bits per heavy atom. The summed E-state index contributed by atoms with van der Waals surface area (Å²) in [5, 5.41) is 2.43. The molecule has 0 spiro atoms. The van der Waals surface area contributed by atoms with Crippen LogP contribution in [0.1, 0.15) is 27.2 Å². The maximum atomic E-state index is 11.3. The Bertz CT molecular complexity index is 278. The topological polar surface area (TPSA) is 98.5 Å². The average Bonchev–Trinajstić information content (AvgIpc) is 2.21. The first-order valence-corrected chi connectivity index (χ1v) is 5.10. The molecule has 6 nitrogen and oxygen atoms in total. The smallest absolute Gasteiger partial charge is 0.303 e. The molecule has 6 heteroatoms. The van der Waals surface area contributed by atoms with Crippen LogP contribution in [0.4, 0.5) is 0 Å². The van der Waals surface area contributed by atoms with E-state index in [2.05, 4.69) is 10.1 Å². The number of carbonyl (C=O) groups is 3. The number of amides is 2. The maximum Gasteiger partial charge on any atom is 0.303 e. The molecule has 2 atom stereocenters. The van der Waals surface area contributed by atoms with Gasteiger partial charge in [-0.3, -0.25) is 14.4 Å². The highest BCUT2D eigenvalue weighted by Crippen LogP contribution is 2.06. The van der Waals surface area contributed by atoms with Crippen LogP contribution in [0, 0.1) is 5.92 Å². The molecule has 0 heterocycles. The Labute approximate surface area is 94.5 Å². The fourth-order valence-electron chi connectivity index (χ4n) is 1.11. The molecule has 0 aromatic carbocycles. The van der Waals surface area contributed by atoms with Crippen molar-refractivity contribution < 1.29 is 19.1 Å². The molecule has 0 saturated carbocycles. The molecule has 0 rings (SSSR count). The van der Waals surface area contributed by atoms with E-state index in [0.29, 0.717) is 6.42 Å². The van der Waals surface area contributed by atoms with Crippen molar-refractivity contribution in [2.45, 2.75) is 33.2 Å². The molecule has 3 N–H and O–H groups in total. The Morgan fingerprint density at radius 3 is 2.31 bits per heavy atom. The molecule has 0 radical (unpaired) electrons. The molecule has 0 saturated heterocycles. The number of nitrogens with one attached hydrogen (secondary N) is 1. The van der Waals surface area contributed by atoms with Gasteiger partial charge in [0.1, 0.15) is 6.04 Å². The Kier molecular flexibility index (Phi) is 6.14. The van der Waals surface area contributed by atoms with Crippen LogP contribution in [0.2, 0.25) is 0 Å². The second kappa shape index (κ2) is 6.81. The summed E-state index contributed by atoms with van der Waals surface area (Å²) in [6.07, 6.45) is 0.710. The van der Waals surface area contributed by atoms with Crippen molar-refractivity contribution in [2.75, 3.05) is 6.61 Å². The summed E-state index contributed by atoms with van der Waals surface area (Å²) < 4.78 is 4.49. The van der Waals surface area contributed by atoms with Gasteiger partial charge in [-0.1, -0.05) is 20.3 Å². The quantitative estimate of drug-likeness (QED) is 0.604. The third kappa shape index (κ3) is 5.33. The lowest BCUT2D eigenvalue weighted by molar-refractivity contribution is -0.146. The minimum absolute atomic E-state index is 0.0567. The van der Waals surface area contributed by atoms with Crippen molar-refractivity contribution in [1.82, 2.24) is 5.32 Å². The van der Waals surface area contributed by atoms with Gasteiger partial charge in [-0.05, 0) is 5.92 Å². The van der Waals surface area contributed by atoms with Crippen LogP contribution < -0.4 is 11.1 Å². The van der Waals surface area contributed by atoms with Crippen molar-refractivity contribution in [3.63, 3.8) is 0 Å². The summed E-state index contributed by atoms with van der Waals surface area (Å²) in [6, 6.07) is -0.729. The molecule has 0 aliphatic rings. The zero-order valence-corrected chi connectivity index (χ0v) is 9.78. The van der Waals surface area contributed by atoms with E-state index in [0.717, 1.165) is 0 Å². The van der Waals surface area contributed by atoms with E-state index >= 15 is 0 Å². The Morgan fingerprint density at radius 1 is 1.38 bits per heavy atom. The molecule has 92 valence electrons. The van der Waals surface area contributed by atoms with Gasteiger partial charge in [0.2, 0.25) is 5.91 Å². The number of ether oxygens (including phenoxy) is 1. The molecule has 0 aliphatic heterocycles. The van der Waals surface area contributed by atoms with Crippen molar-refractivity contribution in [2.24, 2.45) is 11.7 Å². The molecular weight excluding hydrogens is 212 g/mol. The zero-order chi connectivity index (χ0) is 12.7. The summed E-state index contributed by atoms with van der Waals surface area (Å²) in [5.41, 5.74) is 5.16. The lowest BCUT2D eigenvalue weighted by atomic mass is 9.99. The van der Waals surface area contributed by atoms with Gasteiger partial charge in [-0.2, -0.15) is 0 Å². The van der Waals surface area contributed by atoms with E-state index in [-0.39, 0.29) is 5.92 Å². The third-order valence-corrected chi connectivity index (χ3v) is 2.24. The van der Waals surface area contributed by atoms with E-state index in [4.69, 9.17) is 5.73 Å². The van der Waals surface area contributed by atoms with Gasteiger partial charge in [0.15, 0.2) is 6.61 Å². The van der Waals surface area contributed by atoms with Gasteiger partial charge in [0, 0.05) is 6.92 Å². The van der Waals surface area contributed by atoms with Crippen LogP contribution in [0.15, 0.2) is 0 Å². The first kappa shape index (κ1) is 14.4. The van der Waals surface area contributed by atoms with Crippen molar-refractivity contribution in [3.8, 4) is 0 Å². The number of rotatable bonds is 6. The largest absolute Gasteiger partial charge is 0.456 e. The second-order valence-electron chi connectivity index (χ2n) is 3.61. The fraction of sp³-hybridized carbons (Fsp3) is 0.700. The van der Waals surface area contributed by atoms with E-state index in [1.54, 1.807) is 0 Å². The van der Waals surface area contributed by atoms with Gasteiger partial charge >= 0.3 is 5.97 Å². The molecule has 0 aromatic rings. The minimum Gasteiger partial charge on any atom is -0.456 e. The molecular formula is C10H18N2O4. The highest BCUT2D eigenvalue weighted by Gasteiger charge is 2.23. The molecule has 0 unspecified atom stereocenters. The van der Waals surface area contributed by atoms with Gasteiger partial charge in [0.25, 0.3) is 5.91 Å². The van der Waals surface area contributed by atoms with Gasteiger partial charge in [0.05, 0.1) is 0 Å². The number of hydrogen-bond acceptors (Lipinski definition) is 4. The summed E-state index contributed by atoms with van der Waals surface area (Å²) in [5.74, 6) is -1.72.